The molecule has 1 N–H and O–H groups in total. The first-order valence-electron chi connectivity index (χ1n) is 7.38. The summed E-state index contributed by atoms with van der Waals surface area (Å²) in [4.78, 5) is 0. The summed E-state index contributed by atoms with van der Waals surface area (Å²) < 4.78 is 14.9. The number of para-hydroxylation sites is 1. The van der Waals surface area contributed by atoms with Gasteiger partial charge in [-0.05, 0) is 29.5 Å². The van der Waals surface area contributed by atoms with E-state index >= 15 is 0 Å². The Morgan fingerprint density at radius 2 is 2.05 bits per heavy atom. The van der Waals surface area contributed by atoms with Crippen LogP contribution in [0.4, 0.5) is 10.1 Å². The number of nitrogens with one attached hydrogen (secondary N) is 1. The number of hydrogen-bond acceptors (Lipinski definition) is 1. The Morgan fingerprint density at radius 3 is 2.90 bits per heavy atom. The lowest BCUT2D eigenvalue weighted by molar-refractivity contribution is 0.402. The fourth-order valence-electron chi connectivity index (χ4n) is 2.95. The van der Waals surface area contributed by atoms with E-state index in [4.69, 9.17) is 0 Å². The van der Waals surface area contributed by atoms with Crippen LogP contribution in [0.15, 0.2) is 42.5 Å². The molecule has 2 aromatic carbocycles. The molecule has 0 radical (unpaired) electrons. The Morgan fingerprint density at radius 1 is 1.20 bits per heavy atom. The van der Waals surface area contributed by atoms with Crippen molar-refractivity contribution in [1.82, 2.24) is 0 Å². The third kappa shape index (κ3) is 2.43. The van der Waals surface area contributed by atoms with Gasteiger partial charge in [-0.15, -0.1) is 0 Å². The highest BCUT2D eigenvalue weighted by Crippen LogP contribution is 2.36. The van der Waals surface area contributed by atoms with E-state index in [0.29, 0.717) is 0 Å². The maximum atomic E-state index is 14.9. The third-order valence-corrected chi connectivity index (χ3v) is 3.93. The first-order chi connectivity index (χ1) is 9.79. The summed E-state index contributed by atoms with van der Waals surface area (Å²) >= 11 is 0. The van der Waals surface area contributed by atoms with E-state index in [1.165, 1.54) is 11.1 Å². The van der Waals surface area contributed by atoms with Crippen molar-refractivity contribution in [3.63, 3.8) is 0 Å². The number of aryl methyl sites for hydroxylation is 1. The third-order valence-electron chi connectivity index (χ3n) is 3.93. The molecule has 2 heteroatoms. The number of hydrogen-bond donors (Lipinski definition) is 1. The van der Waals surface area contributed by atoms with Gasteiger partial charge < -0.3 is 5.32 Å². The largest absolute Gasteiger partial charge is 0.384 e. The number of rotatable bonds is 4. The molecule has 0 fully saturated rings. The van der Waals surface area contributed by atoms with Gasteiger partial charge in [-0.1, -0.05) is 55.8 Å². The topological polar surface area (TPSA) is 12.0 Å². The summed E-state index contributed by atoms with van der Waals surface area (Å²) in [5.41, 5.74) is 4.98. The van der Waals surface area contributed by atoms with Crippen molar-refractivity contribution in [2.45, 2.75) is 32.4 Å². The van der Waals surface area contributed by atoms with Crippen LogP contribution in [0.25, 0.3) is 0 Å². The molecule has 2 aromatic rings. The molecule has 1 aliphatic rings. The van der Waals surface area contributed by atoms with Crippen LogP contribution in [0.2, 0.25) is 0 Å². The summed E-state index contributed by atoms with van der Waals surface area (Å²) in [6.45, 7) is 3.06. The summed E-state index contributed by atoms with van der Waals surface area (Å²) in [6.07, 6.45) is 2.03. The van der Waals surface area contributed by atoms with Gasteiger partial charge in [0.05, 0.1) is 0 Å². The molecule has 1 atom stereocenters. The Bertz CT molecular complexity index is 606. The van der Waals surface area contributed by atoms with E-state index < -0.39 is 6.17 Å². The molecule has 1 aliphatic heterocycles. The monoisotopic (exact) mass is 269 g/mol. The van der Waals surface area contributed by atoms with Crippen molar-refractivity contribution in [1.29, 1.82) is 0 Å². The zero-order chi connectivity index (χ0) is 13.9. The van der Waals surface area contributed by atoms with Gasteiger partial charge in [0.1, 0.15) is 0 Å². The van der Waals surface area contributed by atoms with Gasteiger partial charge in [0.15, 0.2) is 6.17 Å². The highest BCUT2D eigenvalue weighted by Gasteiger charge is 2.21. The van der Waals surface area contributed by atoms with E-state index in [1.807, 2.05) is 30.3 Å². The Kier molecular flexibility index (Phi) is 3.72. The van der Waals surface area contributed by atoms with Gasteiger partial charge >= 0.3 is 0 Å². The maximum absolute atomic E-state index is 14.9. The molecule has 0 saturated heterocycles. The molecule has 0 spiro atoms. The number of benzene rings is 2. The van der Waals surface area contributed by atoms with Crippen molar-refractivity contribution in [3.8, 4) is 0 Å². The minimum Gasteiger partial charge on any atom is -0.384 e. The zero-order valence-corrected chi connectivity index (χ0v) is 11.8. The van der Waals surface area contributed by atoms with Crippen molar-refractivity contribution in [3.05, 3.63) is 64.7 Å². The summed E-state index contributed by atoms with van der Waals surface area (Å²) in [7, 11) is 0. The summed E-state index contributed by atoms with van der Waals surface area (Å²) in [5.74, 6) is 0. The highest BCUT2D eigenvalue weighted by molar-refractivity contribution is 5.63. The molecule has 0 aliphatic carbocycles. The van der Waals surface area contributed by atoms with Crippen LogP contribution >= 0.6 is 0 Å². The van der Waals surface area contributed by atoms with E-state index in [0.717, 1.165) is 42.6 Å². The lowest BCUT2D eigenvalue weighted by atomic mass is 9.97. The second kappa shape index (κ2) is 5.66. The fraction of sp³-hybridized carbons (Fsp3) is 0.333. The Balaban J connectivity index is 1.95. The smallest absolute Gasteiger partial charge is 0.152 e. The van der Waals surface area contributed by atoms with Crippen molar-refractivity contribution >= 4 is 5.69 Å². The van der Waals surface area contributed by atoms with Crippen LogP contribution in [0.5, 0.6) is 0 Å². The van der Waals surface area contributed by atoms with Crippen molar-refractivity contribution in [2.75, 3.05) is 11.9 Å². The quantitative estimate of drug-likeness (QED) is 0.850. The van der Waals surface area contributed by atoms with E-state index in [1.54, 1.807) is 0 Å². The van der Waals surface area contributed by atoms with Crippen LogP contribution in [0.1, 0.15) is 41.8 Å². The molecular formula is C18H20FN. The summed E-state index contributed by atoms with van der Waals surface area (Å²) in [5, 5.41) is 3.32. The fourth-order valence-corrected chi connectivity index (χ4v) is 2.95. The van der Waals surface area contributed by atoms with Gasteiger partial charge in [-0.3, -0.25) is 0 Å². The van der Waals surface area contributed by atoms with Gasteiger partial charge in [0.25, 0.3) is 0 Å². The van der Waals surface area contributed by atoms with Crippen LogP contribution < -0.4 is 5.32 Å². The van der Waals surface area contributed by atoms with E-state index in [-0.39, 0.29) is 0 Å². The predicted molar refractivity (Wildman–Crippen MR) is 82.0 cm³/mol. The Hall–Kier alpha value is -1.83. The molecule has 3 rings (SSSR count). The number of fused-ring (bicyclic) bond motifs is 1. The van der Waals surface area contributed by atoms with Crippen LogP contribution in [0.3, 0.4) is 0 Å². The lowest BCUT2D eigenvalue weighted by Crippen LogP contribution is -2.01. The molecule has 1 nitrogen and oxygen atoms in total. The molecule has 104 valence electrons. The second-order valence-electron chi connectivity index (χ2n) is 5.42. The molecule has 0 bridgehead atoms. The standard InChI is InChI=1S/C18H20FN/c1-2-5-13-6-3-8-15(12-13)17(19)16-9-4-7-14-10-11-20-18(14)16/h3-4,6-9,12,17,20H,2,5,10-11H2,1H3. The second-order valence-corrected chi connectivity index (χ2v) is 5.42. The SMILES string of the molecule is CCCc1cccc(C(F)c2cccc3c2NCC3)c1. The first-order valence-corrected chi connectivity index (χ1v) is 7.38. The molecule has 20 heavy (non-hydrogen) atoms. The molecule has 0 saturated carbocycles. The average molecular weight is 269 g/mol. The number of halogens is 1. The van der Waals surface area contributed by atoms with Crippen LogP contribution in [0, 0.1) is 0 Å². The number of alkyl halides is 1. The minimum absolute atomic E-state index is 0.762. The highest BCUT2D eigenvalue weighted by atomic mass is 19.1. The average Bonchev–Trinajstić information content (AvgIpc) is 2.95. The molecule has 0 aromatic heterocycles. The molecule has 1 unspecified atom stereocenters. The van der Waals surface area contributed by atoms with Gasteiger partial charge in [0.2, 0.25) is 0 Å². The van der Waals surface area contributed by atoms with E-state index in [2.05, 4.69) is 24.4 Å². The summed E-state index contributed by atoms with van der Waals surface area (Å²) in [6, 6.07) is 13.9. The van der Waals surface area contributed by atoms with E-state index in [9.17, 15) is 4.39 Å². The predicted octanol–water partition coefficient (Wildman–Crippen LogP) is 4.67. The van der Waals surface area contributed by atoms with Gasteiger partial charge in [-0.25, -0.2) is 4.39 Å². The minimum atomic E-state index is -1.05. The van der Waals surface area contributed by atoms with Gasteiger partial charge in [-0.2, -0.15) is 0 Å². The maximum Gasteiger partial charge on any atom is 0.152 e. The zero-order valence-electron chi connectivity index (χ0n) is 11.8. The molecule has 0 amide bonds. The first kappa shape index (κ1) is 13.2. The lowest BCUT2D eigenvalue weighted by Gasteiger charge is -2.14. The normalized spacial score (nSPS) is 14.7. The molecule has 1 heterocycles. The molecular weight excluding hydrogens is 249 g/mol. The van der Waals surface area contributed by atoms with Crippen molar-refractivity contribution < 1.29 is 4.39 Å². The number of anilines is 1. The Labute approximate surface area is 119 Å². The van der Waals surface area contributed by atoms with Crippen molar-refractivity contribution in [2.24, 2.45) is 0 Å². The van der Waals surface area contributed by atoms with Crippen LogP contribution in [-0.2, 0) is 12.8 Å². The van der Waals surface area contributed by atoms with Crippen LogP contribution in [-0.4, -0.2) is 6.54 Å². The van der Waals surface area contributed by atoms with Gasteiger partial charge in [0, 0.05) is 17.8 Å².